The summed E-state index contributed by atoms with van der Waals surface area (Å²) in [6.45, 7) is 0. The van der Waals surface area contributed by atoms with Crippen LogP contribution in [0.15, 0.2) is 22.4 Å². The van der Waals surface area contributed by atoms with Gasteiger partial charge in [0.25, 0.3) is 0 Å². The highest BCUT2D eigenvalue weighted by atomic mass is 35.5. The molecule has 1 aromatic carbocycles. The largest absolute Gasteiger partial charge is 0.144 e. The van der Waals surface area contributed by atoms with Crippen LogP contribution in [0.25, 0.3) is 10.1 Å². The highest BCUT2D eigenvalue weighted by Crippen LogP contribution is 2.40. The Morgan fingerprint density at radius 1 is 1.38 bits per heavy atom. The van der Waals surface area contributed by atoms with E-state index in [9.17, 15) is 0 Å². The highest BCUT2D eigenvalue weighted by molar-refractivity contribution is 7.99. The molecule has 0 saturated heterocycles. The van der Waals surface area contributed by atoms with Gasteiger partial charge >= 0.3 is 0 Å². The first-order valence-corrected chi connectivity index (χ1v) is 6.49. The molecule has 0 aliphatic carbocycles. The molecule has 68 valence electrons. The fraction of sp³-hybridized carbons (Fsp3) is 0.111. The van der Waals surface area contributed by atoms with E-state index in [1.807, 2.05) is 12.3 Å². The van der Waals surface area contributed by atoms with Crippen molar-refractivity contribution in [2.75, 3.05) is 6.26 Å². The molecule has 0 saturated carbocycles. The van der Waals surface area contributed by atoms with E-state index in [1.54, 1.807) is 23.1 Å². The van der Waals surface area contributed by atoms with Crippen molar-refractivity contribution in [1.29, 1.82) is 0 Å². The molecule has 0 bridgehead atoms. The van der Waals surface area contributed by atoms with Crippen molar-refractivity contribution < 1.29 is 0 Å². The SMILES string of the molecule is CSc1c(Cl)c(Cl)cc2sccc12. The minimum absolute atomic E-state index is 0.640. The van der Waals surface area contributed by atoms with Crippen molar-refractivity contribution in [1.82, 2.24) is 0 Å². The number of hydrogen-bond acceptors (Lipinski definition) is 2. The average Bonchev–Trinajstić information content (AvgIpc) is 2.54. The van der Waals surface area contributed by atoms with Crippen LogP contribution in [0, 0.1) is 0 Å². The number of rotatable bonds is 1. The molecule has 4 heteroatoms. The Hall–Kier alpha value is 0.110. The maximum atomic E-state index is 6.08. The molecule has 0 N–H and O–H groups in total. The van der Waals surface area contributed by atoms with Crippen LogP contribution in [0.5, 0.6) is 0 Å². The van der Waals surface area contributed by atoms with Crippen LogP contribution >= 0.6 is 46.3 Å². The van der Waals surface area contributed by atoms with Crippen LogP contribution in [0.4, 0.5) is 0 Å². The highest BCUT2D eigenvalue weighted by Gasteiger charge is 2.10. The molecule has 0 spiro atoms. The zero-order valence-corrected chi connectivity index (χ0v) is 9.95. The molecule has 0 unspecified atom stereocenters. The van der Waals surface area contributed by atoms with Crippen LogP contribution in [-0.2, 0) is 0 Å². The maximum absolute atomic E-state index is 6.08. The maximum Gasteiger partial charge on any atom is 0.0735 e. The molecule has 1 heterocycles. The van der Waals surface area contributed by atoms with Gasteiger partial charge in [0.05, 0.1) is 10.0 Å². The summed E-state index contributed by atoms with van der Waals surface area (Å²) in [6.07, 6.45) is 2.01. The molecular weight excluding hydrogens is 243 g/mol. The Labute approximate surface area is 94.8 Å². The molecule has 0 aliphatic heterocycles. The summed E-state index contributed by atoms with van der Waals surface area (Å²) in [6, 6.07) is 4.00. The van der Waals surface area contributed by atoms with Crippen molar-refractivity contribution in [2.24, 2.45) is 0 Å². The quantitative estimate of drug-likeness (QED) is 0.646. The van der Waals surface area contributed by atoms with Gasteiger partial charge in [0, 0.05) is 15.0 Å². The second kappa shape index (κ2) is 3.70. The second-order valence-electron chi connectivity index (χ2n) is 2.54. The number of benzene rings is 1. The lowest BCUT2D eigenvalue weighted by Crippen LogP contribution is -1.76. The van der Waals surface area contributed by atoms with E-state index in [1.165, 1.54) is 10.1 Å². The van der Waals surface area contributed by atoms with Gasteiger partial charge in [-0.1, -0.05) is 23.2 Å². The molecule has 13 heavy (non-hydrogen) atoms. The second-order valence-corrected chi connectivity index (χ2v) is 5.09. The standard InChI is InChI=1S/C9H6Cl2S2/c1-12-9-5-2-3-13-7(5)4-6(10)8(9)11/h2-4H,1H3. The normalized spacial score (nSPS) is 11.0. The van der Waals surface area contributed by atoms with Crippen molar-refractivity contribution in [3.8, 4) is 0 Å². The number of halogens is 2. The number of hydrogen-bond donors (Lipinski definition) is 0. The lowest BCUT2D eigenvalue weighted by Gasteiger charge is -2.04. The smallest absolute Gasteiger partial charge is 0.0735 e. The van der Waals surface area contributed by atoms with E-state index >= 15 is 0 Å². The predicted octanol–water partition coefficient (Wildman–Crippen LogP) is 4.93. The van der Waals surface area contributed by atoms with Crippen LogP contribution in [0.3, 0.4) is 0 Å². The topological polar surface area (TPSA) is 0 Å². The Morgan fingerprint density at radius 3 is 2.85 bits per heavy atom. The van der Waals surface area contributed by atoms with E-state index in [0.29, 0.717) is 10.0 Å². The third kappa shape index (κ3) is 1.57. The summed E-state index contributed by atoms with van der Waals surface area (Å²) < 4.78 is 1.19. The van der Waals surface area contributed by atoms with Crippen molar-refractivity contribution in [3.05, 3.63) is 27.6 Å². The molecule has 2 aromatic rings. The van der Waals surface area contributed by atoms with E-state index in [-0.39, 0.29) is 0 Å². The monoisotopic (exact) mass is 248 g/mol. The minimum Gasteiger partial charge on any atom is -0.144 e. The lowest BCUT2D eigenvalue weighted by molar-refractivity contribution is 1.57. The molecule has 0 aliphatic rings. The summed E-state index contributed by atoms with van der Waals surface area (Å²) in [7, 11) is 0. The molecule has 1 aromatic heterocycles. The fourth-order valence-corrected chi connectivity index (χ4v) is 3.52. The van der Waals surface area contributed by atoms with E-state index < -0.39 is 0 Å². The third-order valence-corrected chi connectivity index (χ3v) is 4.41. The van der Waals surface area contributed by atoms with Crippen LogP contribution in [-0.4, -0.2) is 6.26 Å². The van der Waals surface area contributed by atoms with E-state index in [0.717, 1.165) is 4.90 Å². The third-order valence-electron chi connectivity index (χ3n) is 1.81. The molecule has 0 atom stereocenters. The van der Waals surface area contributed by atoms with Crippen LogP contribution < -0.4 is 0 Å². The van der Waals surface area contributed by atoms with Gasteiger partial charge in [-0.2, -0.15) is 0 Å². The molecular formula is C9H6Cl2S2. The first-order chi connectivity index (χ1) is 6.24. The first-order valence-electron chi connectivity index (χ1n) is 3.63. The van der Waals surface area contributed by atoms with E-state index in [2.05, 4.69) is 11.4 Å². The van der Waals surface area contributed by atoms with E-state index in [4.69, 9.17) is 23.2 Å². The van der Waals surface area contributed by atoms with Gasteiger partial charge in [-0.25, -0.2) is 0 Å². The van der Waals surface area contributed by atoms with Gasteiger partial charge in [0.2, 0.25) is 0 Å². The Bertz CT molecular complexity index is 448. The Kier molecular flexibility index (Phi) is 2.75. The van der Waals surface area contributed by atoms with Crippen LogP contribution in [0.1, 0.15) is 0 Å². The van der Waals surface area contributed by atoms with Gasteiger partial charge in [0.1, 0.15) is 0 Å². The number of thiophene rings is 1. The number of thioether (sulfide) groups is 1. The minimum atomic E-state index is 0.640. The van der Waals surface area contributed by atoms with Gasteiger partial charge in [-0.3, -0.25) is 0 Å². The molecule has 0 fully saturated rings. The van der Waals surface area contributed by atoms with Crippen molar-refractivity contribution >= 4 is 56.4 Å². The summed E-state index contributed by atoms with van der Waals surface area (Å²) in [5, 5.41) is 4.56. The Balaban J connectivity index is 2.87. The molecule has 0 radical (unpaired) electrons. The Morgan fingerprint density at radius 2 is 2.15 bits per heavy atom. The fourth-order valence-electron chi connectivity index (χ4n) is 1.23. The van der Waals surface area contributed by atoms with Gasteiger partial charge in [0.15, 0.2) is 0 Å². The summed E-state index contributed by atoms with van der Waals surface area (Å²) in [5.74, 6) is 0. The summed E-state index contributed by atoms with van der Waals surface area (Å²) in [4.78, 5) is 1.07. The summed E-state index contributed by atoms with van der Waals surface area (Å²) in [5.41, 5.74) is 0. The average molecular weight is 249 g/mol. The molecule has 2 rings (SSSR count). The van der Waals surface area contributed by atoms with Crippen molar-refractivity contribution in [2.45, 2.75) is 4.90 Å². The van der Waals surface area contributed by atoms with Crippen molar-refractivity contribution in [3.63, 3.8) is 0 Å². The summed E-state index contributed by atoms with van der Waals surface area (Å²) >= 11 is 15.4. The van der Waals surface area contributed by atoms with Crippen LogP contribution in [0.2, 0.25) is 10.0 Å². The lowest BCUT2D eigenvalue weighted by atomic mass is 10.3. The zero-order chi connectivity index (χ0) is 9.42. The first kappa shape index (κ1) is 9.66. The van der Waals surface area contributed by atoms with Gasteiger partial charge in [-0.05, 0) is 23.8 Å². The zero-order valence-electron chi connectivity index (χ0n) is 6.80. The number of fused-ring (bicyclic) bond motifs is 1. The molecule has 0 amide bonds. The predicted molar refractivity (Wildman–Crippen MR) is 63.6 cm³/mol. The van der Waals surface area contributed by atoms with Gasteiger partial charge < -0.3 is 0 Å². The molecule has 0 nitrogen and oxygen atoms in total. The van der Waals surface area contributed by atoms with Gasteiger partial charge in [-0.15, -0.1) is 23.1 Å².